The number of aliphatic hydroxyl groups is 1. The van der Waals surface area contributed by atoms with Crippen LogP contribution in [0.5, 0.6) is 0 Å². The van der Waals surface area contributed by atoms with Crippen molar-refractivity contribution in [3.05, 3.63) is 96.7 Å². The maximum Gasteiger partial charge on any atom is 0.419 e. The van der Waals surface area contributed by atoms with E-state index in [1.54, 1.807) is 83.7 Å². The molecule has 1 N–H and O–H groups in total. The molecule has 0 spiro atoms. The van der Waals surface area contributed by atoms with Gasteiger partial charge in [-0.3, -0.25) is 43.6 Å². The van der Waals surface area contributed by atoms with Gasteiger partial charge in [-0.25, -0.2) is 23.9 Å². The zero-order valence-corrected chi connectivity index (χ0v) is 71.9. The van der Waals surface area contributed by atoms with E-state index in [0.717, 1.165) is 16.6 Å². The van der Waals surface area contributed by atoms with Crippen LogP contribution in [0.25, 0.3) is 10.9 Å². The topological polar surface area (TPSA) is 319 Å². The molecule has 28 nitrogen and oxygen atoms in total. The Morgan fingerprint density at radius 3 is 1.69 bits per heavy atom. The van der Waals surface area contributed by atoms with Crippen LogP contribution in [-0.4, -0.2) is 257 Å². The number of methoxy groups -OCH3 is 2. The van der Waals surface area contributed by atoms with E-state index in [4.69, 9.17) is 57.1 Å². The first kappa shape index (κ1) is 93.0. The van der Waals surface area contributed by atoms with Gasteiger partial charge in [-0.05, 0) is 152 Å². The molecule has 1 amide bonds. The van der Waals surface area contributed by atoms with Gasteiger partial charge in [-0.2, -0.15) is 0 Å². The summed E-state index contributed by atoms with van der Waals surface area (Å²) in [5.74, 6) is -10.5. The number of carbonyl (C=O) groups excluding carboxylic acids is 9. The van der Waals surface area contributed by atoms with Crippen LogP contribution in [0.1, 0.15) is 185 Å². The lowest BCUT2D eigenvalue weighted by atomic mass is 9.72. The molecule has 0 bridgehead atoms. The molecule has 28 heteroatoms. The third-order valence-corrected chi connectivity index (χ3v) is 25.0. The van der Waals surface area contributed by atoms with Crippen LogP contribution in [0, 0.1) is 47.3 Å². The first-order valence-corrected chi connectivity index (χ1v) is 41.0. The van der Waals surface area contributed by atoms with Crippen LogP contribution in [0.15, 0.2) is 85.5 Å². The van der Waals surface area contributed by atoms with E-state index in [0.29, 0.717) is 31.5 Å². The number of carbonyl (C=O) groups is 9. The van der Waals surface area contributed by atoms with Crippen molar-refractivity contribution in [2.24, 2.45) is 47.3 Å². The number of fused-ring (bicyclic) bond motifs is 2. The lowest BCUT2D eigenvalue weighted by Crippen LogP contribution is -2.61. The monoisotopic (exact) mass is 1610 g/mol. The fraction of sp³-hybridized carbons (Fsp3) is 0.690. The Kier molecular flexibility index (Phi) is 32.2. The molecule has 7 heterocycles. The number of hydrogen-bond acceptors (Lipinski definition) is 26. The van der Waals surface area contributed by atoms with Crippen LogP contribution in [0.4, 0.5) is 9.59 Å². The van der Waals surface area contributed by atoms with Crippen LogP contribution in [0.2, 0.25) is 0 Å². The number of Topliss-reactive ketones (excluding diaryl/α,β-unsaturated/α-hetero) is 4. The molecule has 2 aromatic carbocycles. The third kappa shape index (κ3) is 21.0. The van der Waals surface area contributed by atoms with Gasteiger partial charge < -0.3 is 67.0 Å². The zero-order chi connectivity index (χ0) is 85.1. The molecule has 2 unspecified atom stereocenters. The molecule has 4 aromatic rings. The van der Waals surface area contributed by atoms with Crippen LogP contribution >= 0.6 is 0 Å². The van der Waals surface area contributed by atoms with E-state index in [-0.39, 0.29) is 87.3 Å². The van der Waals surface area contributed by atoms with E-state index in [1.165, 1.54) is 51.4 Å². The highest BCUT2D eigenvalue weighted by atomic mass is 16.7. The van der Waals surface area contributed by atoms with Gasteiger partial charge in [-0.15, -0.1) is 0 Å². The Hall–Kier alpha value is -7.51. The van der Waals surface area contributed by atoms with Crippen molar-refractivity contribution in [3.8, 4) is 0 Å². The maximum absolute atomic E-state index is 14.9. The van der Waals surface area contributed by atoms with Crippen molar-refractivity contribution in [1.82, 2.24) is 34.1 Å². The molecule has 115 heavy (non-hydrogen) atoms. The smallest absolute Gasteiger partial charge is 0.419 e. The maximum atomic E-state index is 14.9. The predicted octanol–water partition coefficient (Wildman–Crippen LogP) is 11.2. The molecule has 5 aliphatic rings. The van der Waals surface area contributed by atoms with Crippen molar-refractivity contribution < 1.29 is 100 Å². The quantitative estimate of drug-likeness (QED) is 0.0488. The average Bonchev–Trinajstić information content (AvgIpc) is 1.62. The summed E-state index contributed by atoms with van der Waals surface area (Å²) in [6.07, 6.45) is -3.66. The number of ether oxygens (including phenoxy) is 11. The fourth-order valence-corrected chi connectivity index (χ4v) is 18.2. The largest absolute Gasteiger partial charge is 0.458 e. The Bertz CT molecular complexity index is 3960. The summed E-state index contributed by atoms with van der Waals surface area (Å²) in [7, 11) is 12.5. The van der Waals surface area contributed by atoms with Gasteiger partial charge in [0.15, 0.2) is 41.5 Å². The number of para-hydroxylation sites is 1. The molecule has 5 fully saturated rings. The number of hydrogen-bond donors (Lipinski definition) is 1. The van der Waals surface area contributed by atoms with Crippen molar-refractivity contribution in [2.45, 2.75) is 277 Å². The van der Waals surface area contributed by atoms with E-state index in [1.807, 2.05) is 130 Å². The molecule has 638 valence electrons. The third-order valence-electron chi connectivity index (χ3n) is 25.0. The average molecular weight is 1610 g/mol. The Labute approximate surface area is 679 Å². The lowest BCUT2D eigenvalue weighted by Gasteiger charge is -2.47. The Morgan fingerprint density at radius 2 is 1.15 bits per heavy atom. The minimum Gasteiger partial charge on any atom is -0.458 e. The number of benzene rings is 2. The Balaban J connectivity index is 0.000000288. The number of rotatable bonds is 20. The van der Waals surface area contributed by atoms with Crippen molar-refractivity contribution in [1.29, 1.82) is 0 Å². The normalized spacial score (nSPS) is 35.8. The summed E-state index contributed by atoms with van der Waals surface area (Å²) in [6.45, 7) is 29.4. The molecule has 5 saturated heterocycles. The molecule has 0 aliphatic carbocycles. The lowest BCUT2D eigenvalue weighted by molar-refractivity contribution is -0.295. The van der Waals surface area contributed by atoms with Crippen molar-refractivity contribution in [3.63, 3.8) is 0 Å². The number of cyclic esters (lactones) is 2. The van der Waals surface area contributed by atoms with Crippen LogP contribution in [0.3, 0.4) is 0 Å². The van der Waals surface area contributed by atoms with E-state index < -0.39 is 167 Å². The summed E-state index contributed by atoms with van der Waals surface area (Å²) in [5.41, 5.74) is -3.22. The van der Waals surface area contributed by atoms with E-state index in [9.17, 15) is 48.3 Å². The summed E-state index contributed by atoms with van der Waals surface area (Å²) < 4.78 is 70.6. The first-order chi connectivity index (χ1) is 54.2. The van der Waals surface area contributed by atoms with Gasteiger partial charge in [0, 0.05) is 99.6 Å². The molecule has 0 saturated carbocycles. The second-order valence-corrected chi connectivity index (χ2v) is 33.7. The SMILES string of the molecule is CC[C@H]1OC(=O)[C@H](C)C(=O)[C@H](C)[C@@H](OC2O[C@H](C)C[C@H](N(C)C)[C@H]2O)[C@@](C)(OC)C[C@@H](C)C(=O)[C@H](C)[C@H]2N(CCN(C)Cc3ccc4ccccc4n3)C(=O)O[C@]12CC.CC[C@H]1OC(=O)[C@H](C)C(=O)[C@H](C)[C@@H](OC2O[C@H](C)C[C@H](N(C)C)[C@H]2OC(=O)c2ccccc2)[C@@](C)(OC)C[C@@H](C)C(=O)[C@H](C)C[C@]1(CC)OC(=O)n1ccnc1. The van der Waals surface area contributed by atoms with Crippen molar-refractivity contribution in [2.75, 3.05) is 62.5 Å². The molecule has 9 rings (SSSR count). The standard InChI is InChI=1S/C45H68N4O10.C42H61N3O11/c1-13-35-45(14-2)39(49(43(54)59-45)22-21-48(11)25-32-20-19-31-17-15-16-18-33(31)46-32)28(5)36(50)26(3)24-44(8,55-12)40(29(6)37(51)30(7)41(53)57-35)58-42-38(52)34(47(9)10)23-27(4)56-42;1-12-32-42(13-2,56-40(50)45-20-19-43-24-45)23-26(4)33(46)25(3)22-41(8,51-11)36(28(6)34(47)29(7)37(48)53-32)55-39-35(31(44(9)10)21-27(5)52-39)54-38(49)30-17-15-14-16-18-30/h15-20,26-30,34-35,38-40,42,52H,13-14,21-25H2,1-12H3;14-20,24-29,31-32,35-36,39H,12-13,21-23H2,1-11H3/t26-,27-,28+,29+,30-,34+,35-,38-,39-,40-,42?,44+,45-;25-,26-,27-,28+,29-,31+,32-,35-,36-,39?,41+,42+/m11/s1. The number of likely N-dealkylation sites (N-methyl/N-ethyl adjacent to an activating group) is 3. The number of aromatic nitrogens is 3. The molecule has 5 aliphatic heterocycles. The van der Waals surface area contributed by atoms with Gasteiger partial charge in [-0.1, -0.05) is 112 Å². The van der Waals surface area contributed by atoms with E-state index in [2.05, 4.69) is 9.88 Å². The number of esters is 3. The summed E-state index contributed by atoms with van der Waals surface area (Å²) in [5, 5.41) is 12.5. The van der Waals surface area contributed by atoms with E-state index >= 15 is 0 Å². The molecular formula is C87H129N7O21. The highest BCUT2D eigenvalue weighted by molar-refractivity contribution is 6.01. The van der Waals surface area contributed by atoms with Crippen molar-refractivity contribution >= 4 is 64.1 Å². The fourth-order valence-electron chi connectivity index (χ4n) is 18.2. The number of imidazole rings is 1. The minimum absolute atomic E-state index is 0.0510. The zero-order valence-electron chi connectivity index (χ0n) is 71.9. The summed E-state index contributed by atoms with van der Waals surface area (Å²) in [4.78, 5) is 143. The minimum atomic E-state index is -1.40. The predicted molar refractivity (Wildman–Crippen MR) is 428 cm³/mol. The first-order valence-electron chi connectivity index (χ1n) is 41.0. The Morgan fingerprint density at radius 1 is 0.617 bits per heavy atom. The van der Waals surface area contributed by atoms with Gasteiger partial charge >= 0.3 is 30.1 Å². The second kappa shape index (κ2) is 39.8. The van der Waals surface area contributed by atoms with Gasteiger partial charge in [0.05, 0.1) is 64.5 Å². The van der Waals surface area contributed by atoms with Gasteiger partial charge in [0.1, 0.15) is 48.0 Å². The highest BCUT2D eigenvalue weighted by Gasteiger charge is 2.63. The summed E-state index contributed by atoms with van der Waals surface area (Å²) in [6, 6.07) is 19.2. The number of nitrogens with zero attached hydrogens (tertiary/aromatic N) is 7. The molecular weight excluding hydrogens is 1480 g/mol. The molecule has 0 radical (unpaired) electrons. The molecule has 25 atom stereocenters. The number of amides is 1. The van der Waals surface area contributed by atoms with Crippen LogP contribution < -0.4 is 0 Å². The summed E-state index contributed by atoms with van der Waals surface area (Å²) >= 11 is 0. The number of pyridine rings is 1. The second-order valence-electron chi connectivity index (χ2n) is 33.7. The number of aliphatic hydroxyl groups excluding tert-OH is 1. The molecule has 2 aromatic heterocycles. The highest BCUT2D eigenvalue weighted by Crippen LogP contribution is 2.47. The van der Waals surface area contributed by atoms with Crippen LogP contribution in [-0.2, 0) is 87.4 Å². The van der Waals surface area contributed by atoms with Gasteiger partial charge in [0.25, 0.3) is 0 Å². The number of ketones is 4. The van der Waals surface area contributed by atoms with Gasteiger partial charge in [0.2, 0.25) is 0 Å².